The van der Waals surface area contributed by atoms with E-state index >= 15 is 0 Å². The van der Waals surface area contributed by atoms with Gasteiger partial charge in [0.05, 0.1) is 12.2 Å². The molecule has 0 aliphatic heterocycles. The van der Waals surface area contributed by atoms with E-state index < -0.39 is 25.7 Å². The molecule has 0 aliphatic rings. The highest BCUT2D eigenvalue weighted by Gasteiger charge is 2.20. The average molecular weight is 223 g/mol. The Labute approximate surface area is 81.9 Å². The average Bonchev–Trinajstić information content (AvgIpc) is 1.94. The highest BCUT2D eigenvalue weighted by Crippen LogP contribution is 2.35. The summed E-state index contributed by atoms with van der Waals surface area (Å²) in [6, 6.07) is -0.805. The zero-order valence-electron chi connectivity index (χ0n) is 8.06. The number of carbonyl (C=O) groups is 2. The maximum Gasteiger partial charge on any atom is 0.325 e. The van der Waals surface area contributed by atoms with Gasteiger partial charge in [0.2, 0.25) is 5.91 Å². The molecule has 14 heavy (non-hydrogen) atoms. The van der Waals surface area contributed by atoms with Crippen molar-refractivity contribution in [3.05, 3.63) is 0 Å². The van der Waals surface area contributed by atoms with E-state index in [1.165, 1.54) is 13.8 Å². The minimum atomic E-state index is -4.11. The van der Waals surface area contributed by atoms with Gasteiger partial charge in [-0.2, -0.15) is 0 Å². The van der Waals surface area contributed by atoms with Crippen LogP contribution in [0.5, 0.6) is 0 Å². The molecule has 0 unspecified atom stereocenters. The second-order valence-electron chi connectivity index (χ2n) is 3.04. The van der Waals surface area contributed by atoms with Crippen molar-refractivity contribution in [3.63, 3.8) is 0 Å². The van der Waals surface area contributed by atoms with Crippen molar-refractivity contribution in [3.8, 4) is 0 Å². The molecule has 0 heterocycles. The lowest BCUT2D eigenvalue weighted by Crippen LogP contribution is -2.39. The van der Waals surface area contributed by atoms with Gasteiger partial charge in [0.15, 0.2) is 5.78 Å². The van der Waals surface area contributed by atoms with Gasteiger partial charge in [-0.15, -0.1) is 0 Å². The summed E-state index contributed by atoms with van der Waals surface area (Å²) in [6.07, 6.45) is -0.448. The summed E-state index contributed by atoms with van der Waals surface area (Å²) >= 11 is 0. The Morgan fingerprint density at radius 1 is 1.36 bits per heavy atom. The molecule has 0 aromatic rings. The molecule has 3 N–H and O–H groups in total. The standard InChI is InChI=1S/C7H14NO5P/c1-5(9)7(8-6(2)10)3-4-14(11,12)13/h7H,3-4H2,1-2H3,(H,8,10)(H2,11,12,13)/t7-/m0/s1. The summed E-state index contributed by atoms with van der Waals surface area (Å²) in [5, 5.41) is 2.32. The molecule has 0 fully saturated rings. The van der Waals surface area contributed by atoms with Gasteiger partial charge in [-0.05, 0) is 13.3 Å². The Morgan fingerprint density at radius 3 is 2.14 bits per heavy atom. The van der Waals surface area contributed by atoms with Crippen molar-refractivity contribution in [2.24, 2.45) is 0 Å². The third-order valence-corrected chi connectivity index (χ3v) is 2.42. The van der Waals surface area contributed by atoms with Crippen molar-refractivity contribution in [1.29, 1.82) is 0 Å². The number of rotatable bonds is 5. The van der Waals surface area contributed by atoms with Crippen LogP contribution in [0.4, 0.5) is 0 Å². The Bertz CT molecular complexity index is 271. The lowest BCUT2D eigenvalue weighted by molar-refractivity contribution is -0.125. The van der Waals surface area contributed by atoms with Crippen LogP contribution < -0.4 is 5.32 Å². The first kappa shape index (κ1) is 13.3. The van der Waals surface area contributed by atoms with Gasteiger partial charge in [0.25, 0.3) is 0 Å². The zero-order valence-corrected chi connectivity index (χ0v) is 8.95. The van der Waals surface area contributed by atoms with Crippen molar-refractivity contribution in [2.75, 3.05) is 6.16 Å². The van der Waals surface area contributed by atoms with Gasteiger partial charge < -0.3 is 15.1 Å². The van der Waals surface area contributed by atoms with Crippen LogP contribution in [0.25, 0.3) is 0 Å². The minimum absolute atomic E-state index is 0.0425. The summed E-state index contributed by atoms with van der Waals surface area (Å²) in [5.74, 6) is -0.704. The maximum atomic E-state index is 10.9. The topological polar surface area (TPSA) is 104 Å². The van der Waals surface area contributed by atoms with Crippen LogP contribution in [0, 0.1) is 0 Å². The van der Waals surface area contributed by atoms with Crippen LogP contribution in [0.1, 0.15) is 20.3 Å². The third kappa shape index (κ3) is 6.77. The van der Waals surface area contributed by atoms with Crippen molar-refractivity contribution in [1.82, 2.24) is 5.32 Å². The number of hydrogen-bond acceptors (Lipinski definition) is 3. The van der Waals surface area contributed by atoms with Gasteiger partial charge in [-0.1, -0.05) is 0 Å². The molecular weight excluding hydrogens is 209 g/mol. The van der Waals surface area contributed by atoms with E-state index in [0.29, 0.717) is 0 Å². The Hall–Kier alpha value is -0.710. The number of hydrogen-bond donors (Lipinski definition) is 3. The highest BCUT2D eigenvalue weighted by atomic mass is 31.2. The normalized spacial score (nSPS) is 13.4. The fourth-order valence-electron chi connectivity index (χ4n) is 0.920. The molecular formula is C7H14NO5P. The van der Waals surface area contributed by atoms with Crippen molar-refractivity contribution < 1.29 is 23.9 Å². The van der Waals surface area contributed by atoms with E-state index in [4.69, 9.17) is 9.79 Å². The number of amides is 1. The van der Waals surface area contributed by atoms with Gasteiger partial charge in [-0.3, -0.25) is 14.2 Å². The predicted molar refractivity (Wildman–Crippen MR) is 49.8 cm³/mol. The Kier molecular flexibility index (Phi) is 4.97. The zero-order chi connectivity index (χ0) is 11.4. The number of carbonyl (C=O) groups excluding carboxylic acids is 2. The second kappa shape index (κ2) is 5.24. The maximum absolute atomic E-state index is 10.9. The molecule has 0 bridgehead atoms. The third-order valence-electron chi connectivity index (χ3n) is 1.58. The van der Waals surface area contributed by atoms with E-state index in [-0.39, 0.29) is 12.2 Å². The van der Waals surface area contributed by atoms with Crippen LogP contribution in [0.3, 0.4) is 0 Å². The summed E-state index contributed by atoms with van der Waals surface area (Å²) in [6.45, 7) is 2.51. The first-order chi connectivity index (χ1) is 6.22. The molecule has 0 saturated carbocycles. The van der Waals surface area contributed by atoms with Gasteiger partial charge in [-0.25, -0.2) is 0 Å². The number of ketones is 1. The minimum Gasteiger partial charge on any atom is -0.347 e. The fraction of sp³-hybridized carbons (Fsp3) is 0.714. The Morgan fingerprint density at radius 2 is 1.86 bits per heavy atom. The summed E-state index contributed by atoms with van der Waals surface area (Å²) in [4.78, 5) is 38.7. The summed E-state index contributed by atoms with van der Waals surface area (Å²) in [5.41, 5.74) is 0. The van der Waals surface area contributed by atoms with E-state index in [9.17, 15) is 14.2 Å². The smallest absolute Gasteiger partial charge is 0.325 e. The van der Waals surface area contributed by atoms with E-state index in [0.717, 1.165) is 0 Å². The van der Waals surface area contributed by atoms with E-state index in [1.807, 2.05) is 0 Å². The van der Waals surface area contributed by atoms with E-state index in [2.05, 4.69) is 5.32 Å². The van der Waals surface area contributed by atoms with Crippen LogP contribution in [-0.4, -0.2) is 33.7 Å². The Balaban J connectivity index is 4.18. The van der Waals surface area contributed by atoms with Gasteiger partial charge in [0.1, 0.15) is 0 Å². The molecule has 0 rings (SSSR count). The first-order valence-electron chi connectivity index (χ1n) is 4.04. The molecule has 82 valence electrons. The van der Waals surface area contributed by atoms with Gasteiger partial charge in [0, 0.05) is 6.92 Å². The van der Waals surface area contributed by atoms with Crippen LogP contribution in [-0.2, 0) is 14.2 Å². The van der Waals surface area contributed by atoms with Gasteiger partial charge >= 0.3 is 7.60 Å². The van der Waals surface area contributed by atoms with E-state index in [1.54, 1.807) is 0 Å². The van der Waals surface area contributed by atoms with Crippen molar-refractivity contribution >= 4 is 19.3 Å². The highest BCUT2D eigenvalue weighted by molar-refractivity contribution is 7.51. The monoisotopic (exact) mass is 223 g/mol. The quantitative estimate of drug-likeness (QED) is 0.552. The molecule has 1 amide bonds. The molecule has 1 atom stereocenters. The fourth-order valence-corrected chi connectivity index (χ4v) is 1.51. The lowest BCUT2D eigenvalue weighted by atomic mass is 10.1. The largest absolute Gasteiger partial charge is 0.347 e. The summed E-state index contributed by atoms with van der Waals surface area (Å²) in [7, 11) is -4.11. The second-order valence-corrected chi connectivity index (χ2v) is 4.82. The molecule has 6 nitrogen and oxygen atoms in total. The molecule has 0 aliphatic carbocycles. The number of Topliss-reactive ketones (excluding diaryl/α,β-unsaturated/α-hetero) is 1. The first-order valence-corrected chi connectivity index (χ1v) is 5.84. The van der Waals surface area contributed by atoms with Crippen LogP contribution in [0.2, 0.25) is 0 Å². The SMILES string of the molecule is CC(=O)N[C@@H](CCP(=O)(O)O)C(C)=O. The van der Waals surface area contributed by atoms with Crippen LogP contribution >= 0.6 is 7.60 Å². The molecule has 0 radical (unpaired) electrons. The molecule has 0 saturated heterocycles. The molecule has 7 heteroatoms. The summed E-state index contributed by atoms with van der Waals surface area (Å²) < 4.78 is 10.5. The molecule has 0 aromatic heterocycles. The molecule has 0 aromatic carbocycles. The molecule has 0 spiro atoms. The van der Waals surface area contributed by atoms with Crippen molar-refractivity contribution in [2.45, 2.75) is 26.3 Å². The van der Waals surface area contributed by atoms with Crippen LogP contribution in [0.15, 0.2) is 0 Å². The number of nitrogens with one attached hydrogen (secondary N) is 1. The lowest BCUT2D eigenvalue weighted by Gasteiger charge is -2.14. The predicted octanol–water partition coefficient (Wildman–Crippen LogP) is -0.352.